The van der Waals surface area contributed by atoms with Gasteiger partial charge in [0.2, 0.25) is 10.0 Å². The number of hydrogen-bond donors (Lipinski definition) is 1. The molecule has 1 unspecified atom stereocenters. The number of esters is 1. The quantitative estimate of drug-likeness (QED) is 0.798. The summed E-state index contributed by atoms with van der Waals surface area (Å²) in [5.41, 5.74) is -0.239. The van der Waals surface area contributed by atoms with Crippen molar-refractivity contribution in [2.45, 2.75) is 25.0 Å². The first-order valence-corrected chi connectivity index (χ1v) is 9.05. The lowest BCUT2D eigenvalue weighted by atomic mass is 9.98. The van der Waals surface area contributed by atoms with E-state index in [1.165, 1.54) is 6.07 Å². The number of ketones is 1. The van der Waals surface area contributed by atoms with Crippen LogP contribution in [0, 0.1) is 5.82 Å². The van der Waals surface area contributed by atoms with E-state index in [9.17, 15) is 22.4 Å². The molecule has 130 valence electrons. The van der Waals surface area contributed by atoms with E-state index in [0.717, 1.165) is 18.2 Å². The third-order valence-corrected chi connectivity index (χ3v) is 5.44. The molecule has 0 amide bonds. The van der Waals surface area contributed by atoms with Gasteiger partial charge in [0.1, 0.15) is 11.1 Å². The molecule has 6 nitrogen and oxygen atoms in total. The molecule has 0 aromatic heterocycles. The van der Waals surface area contributed by atoms with Gasteiger partial charge in [-0.2, -0.15) is 0 Å². The highest BCUT2D eigenvalue weighted by atomic mass is 35.5. The maximum absolute atomic E-state index is 13.1. The molecule has 9 heteroatoms. The smallest absolute Gasteiger partial charge is 0.335 e. The van der Waals surface area contributed by atoms with Crippen molar-refractivity contribution < 1.29 is 27.1 Å². The molecule has 1 aromatic rings. The van der Waals surface area contributed by atoms with E-state index in [1.807, 2.05) is 0 Å². The molecule has 24 heavy (non-hydrogen) atoms. The second kappa shape index (κ2) is 7.31. The second-order valence-corrected chi connectivity index (χ2v) is 7.36. The fraction of sp³-hybridized carbons (Fsp3) is 0.333. The molecule has 0 heterocycles. The maximum Gasteiger partial charge on any atom is 0.335 e. The summed E-state index contributed by atoms with van der Waals surface area (Å²) < 4.78 is 45.3. The number of rotatable bonds is 5. The van der Waals surface area contributed by atoms with Crippen molar-refractivity contribution in [1.82, 2.24) is 0 Å². The van der Waals surface area contributed by atoms with E-state index in [0.29, 0.717) is 0 Å². The average molecular weight is 376 g/mol. The lowest BCUT2D eigenvalue weighted by Crippen LogP contribution is -2.36. The van der Waals surface area contributed by atoms with Crippen LogP contribution in [0.1, 0.15) is 19.8 Å². The third kappa shape index (κ3) is 4.12. The van der Waals surface area contributed by atoms with Crippen molar-refractivity contribution in [3.63, 3.8) is 0 Å². The fourth-order valence-electron chi connectivity index (χ4n) is 2.29. The van der Waals surface area contributed by atoms with E-state index < -0.39 is 27.1 Å². The summed E-state index contributed by atoms with van der Waals surface area (Å²) in [6.45, 7) is 1.62. The minimum absolute atomic E-state index is 0.00830. The average Bonchev–Trinajstić information content (AvgIpc) is 2.50. The highest BCUT2D eigenvalue weighted by molar-refractivity contribution is 7.93. The predicted molar refractivity (Wildman–Crippen MR) is 86.7 cm³/mol. The van der Waals surface area contributed by atoms with Gasteiger partial charge < -0.3 is 4.74 Å². The van der Waals surface area contributed by atoms with Gasteiger partial charge in [-0.15, -0.1) is 0 Å². The zero-order valence-corrected chi connectivity index (χ0v) is 14.3. The summed E-state index contributed by atoms with van der Waals surface area (Å²) in [4.78, 5) is 23.5. The third-order valence-electron chi connectivity index (χ3n) is 3.39. The molecule has 0 saturated carbocycles. The number of benzene rings is 1. The van der Waals surface area contributed by atoms with Gasteiger partial charge in [0, 0.05) is 6.42 Å². The second-order valence-electron chi connectivity index (χ2n) is 5.09. The van der Waals surface area contributed by atoms with Crippen LogP contribution in [0.25, 0.3) is 0 Å². The molecule has 0 saturated heterocycles. The molecule has 0 spiro atoms. The lowest BCUT2D eigenvalue weighted by molar-refractivity contribution is -0.139. The van der Waals surface area contributed by atoms with Crippen LogP contribution in [0.15, 0.2) is 29.8 Å². The highest BCUT2D eigenvalue weighted by Gasteiger charge is 2.37. The largest absolute Gasteiger partial charge is 0.463 e. The number of nitrogens with one attached hydrogen (secondary N) is 1. The van der Waals surface area contributed by atoms with E-state index in [1.54, 1.807) is 6.92 Å². The summed E-state index contributed by atoms with van der Waals surface area (Å²) in [5.74, 6) is -1.81. The number of sulfonamides is 1. The molecule has 1 N–H and O–H groups in total. The van der Waals surface area contributed by atoms with Crippen LogP contribution in [0.3, 0.4) is 0 Å². The molecule has 1 aliphatic rings. The van der Waals surface area contributed by atoms with Crippen molar-refractivity contribution in [3.8, 4) is 0 Å². The molecule has 1 aliphatic carbocycles. The number of anilines is 1. The summed E-state index contributed by atoms with van der Waals surface area (Å²) in [7, 11) is -4.09. The monoisotopic (exact) mass is 375 g/mol. The zero-order chi connectivity index (χ0) is 17.9. The maximum atomic E-state index is 13.1. The molecule has 0 bridgehead atoms. The van der Waals surface area contributed by atoms with Crippen LogP contribution in [-0.4, -0.2) is 32.0 Å². The van der Waals surface area contributed by atoms with Gasteiger partial charge in [-0.1, -0.05) is 11.6 Å². The van der Waals surface area contributed by atoms with Gasteiger partial charge in [0.25, 0.3) is 0 Å². The number of hydrogen-bond acceptors (Lipinski definition) is 5. The Bertz CT molecular complexity index is 806. The van der Waals surface area contributed by atoms with Gasteiger partial charge in [-0.3, -0.25) is 9.52 Å². The number of ether oxygens (including phenoxy) is 1. The fourth-order valence-corrected chi connectivity index (χ4v) is 4.12. The normalized spacial score (nSPS) is 18.0. The van der Waals surface area contributed by atoms with Crippen LogP contribution in [-0.2, 0) is 24.3 Å². The van der Waals surface area contributed by atoms with Gasteiger partial charge >= 0.3 is 5.97 Å². The lowest BCUT2D eigenvalue weighted by Gasteiger charge is -2.23. The van der Waals surface area contributed by atoms with Crippen LogP contribution >= 0.6 is 11.6 Å². The van der Waals surface area contributed by atoms with Crippen molar-refractivity contribution >= 4 is 39.1 Å². The molecule has 0 fully saturated rings. The first-order valence-electron chi connectivity index (χ1n) is 7.13. The molecule has 0 aliphatic heterocycles. The Hall–Kier alpha value is -1.93. The van der Waals surface area contributed by atoms with Gasteiger partial charge in [-0.25, -0.2) is 17.6 Å². The molecule has 0 radical (unpaired) electrons. The van der Waals surface area contributed by atoms with Crippen LogP contribution < -0.4 is 4.72 Å². The number of carbonyl (C=O) groups is 2. The first kappa shape index (κ1) is 18.4. The van der Waals surface area contributed by atoms with Gasteiger partial charge in [0.05, 0.1) is 22.9 Å². The summed E-state index contributed by atoms with van der Waals surface area (Å²) in [5, 5.41) is -1.37. The Balaban J connectivity index is 2.34. The highest BCUT2D eigenvalue weighted by Crippen LogP contribution is 2.29. The van der Waals surface area contributed by atoms with Gasteiger partial charge in [0.15, 0.2) is 5.78 Å². The van der Waals surface area contributed by atoms with Crippen molar-refractivity contribution in [1.29, 1.82) is 0 Å². The van der Waals surface area contributed by atoms with E-state index in [-0.39, 0.29) is 41.5 Å². The van der Waals surface area contributed by atoms with Crippen molar-refractivity contribution in [3.05, 3.63) is 40.7 Å². The summed E-state index contributed by atoms with van der Waals surface area (Å²) in [6.07, 6.45) is 0.931. The van der Waals surface area contributed by atoms with E-state index in [2.05, 4.69) is 4.72 Å². The van der Waals surface area contributed by atoms with E-state index in [4.69, 9.17) is 16.3 Å². The Morgan fingerprint density at radius 3 is 2.79 bits per heavy atom. The SMILES string of the molecule is CCOC(=O)C1=CC(=O)CCC1S(=O)(=O)Nc1ccc(F)cc1Cl. The number of carbonyl (C=O) groups excluding carboxylic acids is 2. The molecule has 1 atom stereocenters. The number of halogens is 2. The topological polar surface area (TPSA) is 89.5 Å². The molecular weight excluding hydrogens is 361 g/mol. The summed E-state index contributed by atoms with van der Waals surface area (Å²) in [6, 6.07) is 3.19. The van der Waals surface area contributed by atoms with Crippen molar-refractivity contribution in [2.75, 3.05) is 11.3 Å². The molecule has 2 rings (SSSR count). The summed E-state index contributed by atoms with van der Waals surface area (Å²) >= 11 is 5.82. The Kier molecular flexibility index (Phi) is 5.61. The van der Waals surface area contributed by atoms with Crippen LogP contribution in [0.4, 0.5) is 10.1 Å². The Morgan fingerprint density at radius 2 is 2.17 bits per heavy atom. The van der Waals surface area contributed by atoms with Gasteiger partial charge in [-0.05, 0) is 37.6 Å². The first-order chi connectivity index (χ1) is 11.2. The predicted octanol–water partition coefficient (Wildman–Crippen LogP) is 2.44. The van der Waals surface area contributed by atoms with Crippen LogP contribution in [0.5, 0.6) is 0 Å². The molecule has 1 aromatic carbocycles. The minimum atomic E-state index is -4.09. The zero-order valence-electron chi connectivity index (χ0n) is 12.7. The molecular formula is C15H15ClFNO5S. The minimum Gasteiger partial charge on any atom is -0.463 e. The Labute approximate surface area is 143 Å². The number of allylic oxidation sites excluding steroid dienone is 1. The standard InChI is InChI=1S/C15H15ClFNO5S/c1-2-23-15(20)11-8-10(19)4-6-14(11)24(21,22)18-13-5-3-9(17)7-12(13)16/h3,5,7-8,14,18H,2,4,6H2,1H3. The van der Waals surface area contributed by atoms with Crippen LogP contribution in [0.2, 0.25) is 5.02 Å². The Morgan fingerprint density at radius 1 is 1.46 bits per heavy atom. The van der Waals surface area contributed by atoms with Crippen molar-refractivity contribution in [2.24, 2.45) is 0 Å². The van der Waals surface area contributed by atoms with E-state index >= 15 is 0 Å².